The van der Waals surface area contributed by atoms with Crippen molar-refractivity contribution in [2.24, 2.45) is 0 Å². The van der Waals surface area contributed by atoms with Gasteiger partial charge in [-0.15, -0.1) is 0 Å². The third-order valence-electron chi connectivity index (χ3n) is 4.75. The van der Waals surface area contributed by atoms with Gasteiger partial charge in [0.1, 0.15) is 11.2 Å². The Kier molecular flexibility index (Phi) is 3.65. The molecule has 2 heteroatoms. The first-order valence-corrected chi connectivity index (χ1v) is 9.37. The fourth-order valence-electron chi connectivity index (χ4n) is 3.59. The summed E-state index contributed by atoms with van der Waals surface area (Å²) in [5.74, 6) is 0. The van der Waals surface area contributed by atoms with Crippen molar-refractivity contribution < 1.29 is 4.42 Å². The summed E-state index contributed by atoms with van der Waals surface area (Å²) < 4.78 is 7.41. The van der Waals surface area contributed by atoms with E-state index in [1.165, 1.54) is 5.56 Å². The molecule has 0 spiro atoms. The number of halogens is 1. The molecule has 26 heavy (non-hydrogen) atoms. The molecule has 4 aromatic carbocycles. The summed E-state index contributed by atoms with van der Waals surface area (Å²) >= 11 is 3.83. The Hall–Kier alpha value is -2.84. The van der Waals surface area contributed by atoms with Gasteiger partial charge in [0.2, 0.25) is 0 Å². The van der Waals surface area contributed by atoms with Gasteiger partial charge in [-0.05, 0) is 23.3 Å². The molecule has 0 saturated carbocycles. The number of fused-ring (bicyclic) bond motifs is 3. The van der Waals surface area contributed by atoms with Crippen LogP contribution < -0.4 is 0 Å². The highest BCUT2D eigenvalue weighted by molar-refractivity contribution is 9.10. The van der Waals surface area contributed by atoms with Crippen LogP contribution in [-0.4, -0.2) is 0 Å². The minimum Gasteiger partial charge on any atom is -0.455 e. The molecule has 5 rings (SSSR count). The van der Waals surface area contributed by atoms with Gasteiger partial charge in [-0.2, -0.15) is 0 Å². The van der Waals surface area contributed by atoms with Gasteiger partial charge in [-0.25, -0.2) is 0 Å². The van der Waals surface area contributed by atoms with Gasteiger partial charge in [0.05, 0.1) is 0 Å². The quantitative estimate of drug-likeness (QED) is 0.297. The van der Waals surface area contributed by atoms with Crippen LogP contribution in [0.15, 0.2) is 99.9 Å². The second kappa shape index (κ2) is 6.15. The highest BCUT2D eigenvalue weighted by Gasteiger charge is 2.20. The summed E-state index contributed by atoms with van der Waals surface area (Å²) in [6.07, 6.45) is 0. The summed E-state index contributed by atoms with van der Waals surface area (Å²) in [6.45, 7) is 0. The van der Waals surface area contributed by atoms with Crippen LogP contribution in [0.5, 0.6) is 0 Å². The number of para-hydroxylation sites is 1. The van der Waals surface area contributed by atoms with Gasteiger partial charge in [-0.3, -0.25) is 0 Å². The van der Waals surface area contributed by atoms with Crippen LogP contribution in [0, 0.1) is 0 Å². The Morgan fingerprint density at radius 1 is 0.577 bits per heavy atom. The first-order chi connectivity index (χ1) is 12.8. The van der Waals surface area contributed by atoms with Gasteiger partial charge in [0, 0.05) is 26.4 Å². The predicted molar refractivity (Wildman–Crippen MR) is 112 cm³/mol. The fourth-order valence-corrected chi connectivity index (χ4v) is 4.25. The molecule has 0 atom stereocenters. The fraction of sp³-hybridized carbons (Fsp3) is 0. The van der Waals surface area contributed by atoms with E-state index in [4.69, 9.17) is 4.42 Å². The molecule has 0 aliphatic carbocycles. The molecule has 1 heterocycles. The molecular formula is C24H15BrO. The van der Waals surface area contributed by atoms with Crippen LogP contribution >= 0.6 is 15.9 Å². The molecule has 124 valence electrons. The minimum atomic E-state index is 0.914. The summed E-state index contributed by atoms with van der Waals surface area (Å²) in [4.78, 5) is 0. The van der Waals surface area contributed by atoms with E-state index >= 15 is 0 Å². The molecule has 0 saturated heterocycles. The number of hydrogen-bond acceptors (Lipinski definition) is 1. The third kappa shape index (κ3) is 2.38. The van der Waals surface area contributed by atoms with Crippen LogP contribution in [0.1, 0.15) is 0 Å². The van der Waals surface area contributed by atoms with Gasteiger partial charge >= 0.3 is 0 Å². The average Bonchev–Trinajstić information content (AvgIpc) is 3.06. The van der Waals surface area contributed by atoms with Crippen molar-refractivity contribution in [3.05, 3.63) is 95.5 Å². The van der Waals surface area contributed by atoms with Gasteiger partial charge in [-0.1, -0.05) is 94.8 Å². The monoisotopic (exact) mass is 398 g/mol. The van der Waals surface area contributed by atoms with Crippen LogP contribution in [-0.2, 0) is 0 Å². The lowest BCUT2D eigenvalue weighted by molar-refractivity contribution is 0.670. The SMILES string of the molecule is Brc1cc2c(oc3ccccc32)c(-c2ccccc2)c1-c1ccccc1. The molecule has 0 bridgehead atoms. The summed E-state index contributed by atoms with van der Waals surface area (Å²) in [7, 11) is 0. The topological polar surface area (TPSA) is 13.1 Å². The van der Waals surface area contributed by atoms with E-state index in [-0.39, 0.29) is 0 Å². The van der Waals surface area contributed by atoms with Crippen LogP contribution in [0.2, 0.25) is 0 Å². The van der Waals surface area contributed by atoms with Crippen molar-refractivity contribution >= 4 is 37.9 Å². The van der Waals surface area contributed by atoms with Gasteiger partial charge in [0.15, 0.2) is 0 Å². The first kappa shape index (κ1) is 15.4. The lowest BCUT2D eigenvalue weighted by Gasteiger charge is -2.13. The Balaban J connectivity index is 1.98. The van der Waals surface area contributed by atoms with Crippen molar-refractivity contribution in [2.75, 3.05) is 0 Å². The van der Waals surface area contributed by atoms with E-state index < -0.39 is 0 Å². The van der Waals surface area contributed by atoms with Crippen molar-refractivity contribution in [3.63, 3.8) is 0 Å². The van der Waals surface area contributed by atoms with E-state index in [0.717, 1.165) is 43.1 Å². The number of benzene rings is 4. The van der Waals surface area contributed by atoms with Crippen molar-refractivity contribution in [1.29, 1.82) is 0 Å². The normalized spacial score (nSPS) is 11.3. The smallest absolute Gasteiger partial charge is 0.143 e. The highest BCUT2D eigenvalue weighted by atomic mass is 79.9. The molecule has 5 aromatic rings. The van der Waals surface area contributed by atoms with Crippen molar-refractivity contribution in [3.8, 4) is 22.3 Å². The van der Waals surface area contributed by atoms with E-state index in [1.54, 1.807) is 0 Å². The second-order valence-electron chi connectivity index (χ2n) is 6.32. The molecule has 0 fully saturated rings. The first-order valence-electron chi connectivity index (χ1n) is 8.57. The van der Waals surface area contributed by atoms with Crippen LogP contribution in [0.4, 0.5) is 0 Å². The average molecular weight is 399 g/mol. The maximum absolute atomic E-state index is 6.33. The largest absolute Gasteiger partial charge is 0.455 e. The molecule has 0 aliphatic rings. The predicted octanol–water partition coefficient (Wildman–Crippen LogP) is 7.68. The van der Waals surface area contributed by atoms with Crippen molar-refractivity contribution in [2.45, 2.75) is 0 Å². The highest BCUT2D eigenvalue weighted by Crippen LogP contribution is 2.45. The summed E-state index contributed by atoms with van der Waals surface area (Å²) in [5, 5.41) is 2.27. The Labute approximate surface area is 160 Å². The molecule has 0 amide bonds. The molecule has 0 radical (unpaired) electrons. The zero-order valence-corrected chi connectivity index (χ0v) is 15.5. The number of hydrogen-bond donors (Lipinski definition) is 0. The zero-order chi connectivity index (χ0) is 17.5. The van der Waals surface area contributed by atoms with Crippen LogP contribution in [0.3, 0.4) is 0 Å². The molecule has 1 nitrogen and oxygen atoms in total. The van der Waals surface area contributed by atoms with Crippen LogP contribution in [0.25, 0.3) is 44.2 Å². The zero-order valence-electron chi connectivity index (χ0n) is 13.9. The molecule has 0 N–H and O–H groups in total. The standard InChI is InChI=1S/C24H15BrO/c25-20-15-19-18-13-7-8-14-21(18)26-24(19)23(17-11-5-2-6-12-17)22(20)16-9-3-1-4-10-16/h1-15H. The second-order valence-corrected chi connectivity index (χ2v) is 7.17. The molecular weight excluding hydrogens is 384 g/mol. The Morgan fingerprint density at radius 2 is 1.15 bits per heavy atom. The molecule has 0 unspecified atom stereocenters. The lowest BCUT2D eigenvalue weighted by Crippen LogP contribution is -1.88. The Bertz CT molecular complexity index is 1220. The summed E-state index contributed by atoms with van der Waals surface area (Å²) in [6, 6.07) is 31.3. The maximum Gasteiger partial charge on any atom is 0.143 e. The van der Waals surface area contributed by atoms with Gasteiger partial charge < -0.3 is 4.42 Å². The maximum atomic E-state index is 6.33. The van der Waals surface area contributed by atoms with E-state index in [0.29, 0.717) is 0 Å². The lowest BCUT2D eigenvalue weighted by atomic mass is 9.92. The summed E-state index contributed by atoms with van der Waals surface area (Å²) in [5.41, 5.74) is 6.44. The van der Waals surface area contributed by atoms with E-state index in [9.17, 15) is 0 Å². The Morgan fingerprint density at radius 3 is 1.85 bits per heavy atom. The number of furan rings is 1. The van der Waals surface area contributed by atoms with E-state index in [2.05, 4.69) is 82.7 Å². The van der Waals surface area contributed by atoms with Gasteiger partial charge in [0.25, 0.3) is 0 Å². The number of rotatable bonds is 2. The molecule has 1 aromatic heterocycles. The third-order valence-corrected chi connectivity index (χ3v) is 5.37. The molecule has 0 aliphatic heterocycles. The van der Waals surface area contributed by atoms with Crippen molar-refractivity contribution in [1.82, 2.24) is 0 Å². The van der Waals surface area contributed by atoms with E-state index in [1.807, 2.05) is 24.3 Å². The minimum absolute atomic E-state index is 0.914.